The minimum atomic E-state index is 0. The number of piperidine rings is 1. The molecular formula is C9H17Cl2N3. The zero-order valence-corrected chi connectivity index (χ0v) is 9.66. The largest absolute Gasteiger partial charge is 0.348 e. The van der Waals surface area contributed by atoms with E-state index in [2.05, 4.69) is 15.3 Å². The van der Waals surface area contributed by atoms with Crippen molar-refractivity contribution in [2.45, 2.75) is 19.3 Å². The topological polar surface area (TPSA) is 40.7 Å². The Morgan fingerprint density at radius 2 is 2.29 bits per heavy atom. The third-order valence-electron chi connectivity index (χ3n) is 2.46. The van der Waals surface area contributed by atoms with Gasteiger partial charge in [-0.05, 0) is 38.3 Å². The third kappa shape index (κ3) is 3.86. The number of hydrogen-bond acceptors (Lipinski definition) is 2. The lowest BCUT2D eigenvalue weighted by molar-refractivity contribution is 0.374. The second kappa shape index (κ2) is 7.10. The van der Waals surface area contributed by atoms with Gasteiger partial charge in [0.2, 0.25) is 0 Å². The van der Waals surface area contributed by atoms with Gasteiger partial charge in [0.25, 0.3) is 0 Å². The van der Waals surface area contributed by atoms with Gasteiger partial charge in [0, 0.05) is 11.9 Å². The molecule has 82 valence electrons. The van der Waals surface area contributed by atoms with Crippen LogP contribution in [-0.2, 0) is 6.42 Å². The third-order valence-corrected chi connectivity index (χ3v) is 2.46. The van der Waals surface area contributed by atoms with E-state index in [4.69, 9.17) is 0 Å². The Balaban J connectivity index is 0.000000845. The number of aromatic nitrogens is 2. The molecule has 5 heteroatoms. The van der Waals surface area contributed by atoms with Gasteiger partial charge in [-0.3, -0.25) is 0 Å². The molecule has 2 heterocycles. The van der Waals surface area contributed by atoms with Crippen LogP contribution in [0.1, 0.15) is 18.5 Å². The Kier molecular flexibility index (Phi) is 6.97. The number of imidazole rings is 1. The predicted molar refractivity (Wildman–Crippen MR) is 62.4 cm³/mol. The molecule has 2 N–H and O–H groups in total. The van der Waals surface area contributed by atoms with Gasteiger partial charge in [-0.15, -0.1) is 24.8 Å². The fourth-order valence-electron chi connectivity index (χ4n) is 1.81. The van der Waals surface area contributed by atoms with E-state index in [1.54, 1.807) is 6.33 Å². The van der Waals surface area contributed by atoms with Crippen molar-refractivity contribution in [3.63, 3.8) is 0 Å². The Morgan fingerprint density at radius 1 is 1.43 bits per heavy atom. The lowest BCUT2D eigenvalue weighted by Gasteiger charge is -2.21. The highest BCUT2D eigenvalue weighted by Crippen LogP contribution is 2.14. The number of H-pyrrole nitrogens is 1. The first-order valence-corrected chi connectivity index (χ1v) is 4.63. The highest BCUT2D eigenvalue weighted by molar-refractivity contribution is 5.85. The lowest BCUT2D eigenvalue weighted by atomic mass is 9.95. The molecule has 3 nitrogen and oxygen atoms in total. The van der Waals surface area contributed by atoms with Crippen LogP contribution in [0.4, 0.5) is 0 Å². The molecule has 1 aliphatic heterocycles. The first-order chi connectivity index (χ1) is 5.95. The molecule has 2 rings (SSSR count). The van der Waals surface area contributed by atoms with Crippen LogP contribution in [0.15, 0.2) is 12.5 Å². The molecule has 1 aromatic heterocycles. The maximum Gasteiger partial charge on any atom is 0.0921 e. The first kappa shape index (κ1) is 13.8. The zero-order valence-electron chi connectivity index (χ0n) is 8.03. The summed E-state index contributed by atoms with van der Waals surface area (Å²) in [5.74, 6) is 0.805. The molecular weight excluding hydrogens is 221 g/mol. The van der Waals surface area contributed by atoms with Gasteiger partial charge in [-0.25, -0.2) is 4.98 Å². The Bertz CT molecular complexity index is 220. The maximum absolute atomic E-state index is 4.01. The smallest absolute Gasteiger partial charge is 0.0921 e. The van der Waals surface area contributed by atoms with Gasteiger partial charge in [0.15, 0.2) is 0 Å². The summed E-state index contributed by atoms with van der Waals surface area (Å²) in [5, 5.41) is 3.41. The van der Waals surface area contributed by atoms with E-state index in [9.17, 15) is 0 Å². The molecule has 1 saturated heterocycles. The van der Waals surface area contributed by atoms with Crippen molar-refractivity contribution in [1.82, 2.24) is 15.3 Å². The zero-order chi connectivity index (χ0) is 8.23. The highest BCUT2D eigenvalue weighted by atomic mass is 35.5. The number of halogens is 2. The summed E-state index contributed by atoms with van der Waals surface area (Å²) in [6.45, 7) is 2.36. The molecule has 0 bridgehead atoms. The summed E-state index contributed by atoms with van der Waals surface area (Å²) in [6, 6.07) is 0. The first-order valence-electron chi connectivity index (χ1n) is 4.63. The quantitative estimate of drug-likeness (QED) is 0.824. The minimum Gasteiger partial charge on any atom is -0.348 e. The molecule has 1 fully saturated rings. The van der Waals surface area contributed by atoms with Gasteiger partial charge in [-0.1, -0.05) is 0 Å². The second-order valence-corrected chi connectivity index (χ2v) is 3.49. The molecule has 1 aliphatic rings. The Hall–Kier alpha value is -0.250. The van der Waals surface area contributed by atoms with E-state index in [0.29, 0.717) is 0 Å². The van der Waals surface area contributed by atoms with Crippen molar-refractivity contribution in [3.05, 3.63) is 18.2 Å². The fourth-order valence-corrected chi connectivity index (χ4v) is 1.81. The highest BCUT2D eigenvalue weighted by Gasteiger charge is 2.13. The molecule has 0 saturated carbocycles. The SMILES string of the molecule is Cl.Cl.c1ncc(C[C@H]2CCCNC2)[nH]1. The molecule has 0 aromatic carbocycles. The number of hydrogen-bond donors (Lipinski definition) is 2. The molecule has 0 spiro atoms. The van der Waals surface area contributed by atoms with Gasteiger partial charge in [0.1, 0.15) is 0 Å². The molecule has 0 aliphatic carbocycles. The van der Waals surface area contributed by atoms with Crippen LogP contribution >= 0.6 is 24.8 Å². The van der Waals surface area contributed by atoms with Crippen molar-refractivity contribution >= 4 is 24.8 Å². The number of rotatable bonds is 2. The van der Waals surface area contributed by atoms with E-state index in [1.165, 1.54) is 31.6 Å². The van der Waals surface area contributed by atoms with Crippen molar-refractivity contribution in [2.24, 2.45) is 5.92 Å². The molecule has 0 unspecified atom stereocenters. The minimum absolute atomic E-state index is 0. The molecule has 1 aromatic rings. The monoisotopic (exact) mass is 237 g/mol. The summed E-state index contributed by atoms with van der Waals surface area (Å²) in [6.07, 6.45) is 7.50. The van der Waals surface area contributed by atoms with Crippen LogP contribution < -0.4 is 5.32 Å². The molecule has 0 radical (unpaired) electrons. The standard InChI is InChI=1S/C9H15N3.2ClH/c1-2-8(5-10-3-1)4-9-6-11-7-12-9;;/h6-8,10H,1-5H2,(H,11,12);2*1H/t8-;;/m1../s1. The van der Waals surface area contributed by atoms with Crippen LogP contribution in [0.3, 0.4) is 0 Å². The van der Waals surface area contributed by atoms with Gasteiger partial charge in [0.05, 0.1) is 6.33 Å². The number of nitrogens with one attached hydrogen (secondary N) is 2. The average Bonchev–Trinajstić information content (AvgIpc) is 2.59. The van der Waals surface area contributed by atoms with Crippen LogP contribution in [0.2, 0.25) is 0 Å². The average molecular weight is 238 g/mol. The summed E-state index contributed by atoms with van der Waals surface area (Å²) in [7, 11) is 0. The van der Waals surface area contributed by atoms with E-state index in [1.807, 2.05) is 6.20 Å². The number of nitrogens with zero attached hydrogens (tertiary/aromatic N) is 1. The lowest BCUT2D eigenvalue weighted by Crippen LogP contribution is -2.30. The normalized spacial score (nSPS) is 20.7. The van der Waals surface area contributed by atoms with Gasteiger partial charge in [-0.2, -0.15) is 0 Å². The Morgan fingerprint density at radius 3 is 2.86 bits per heavy atom. The Labute approximate surface area is 96.9 Å². The molecule has 14 heavy (non-hydrogen) atoms. The van der Waals surface area contributed by atoms with Crippen LogP contribution in [-0.4, -0.2) is 23.1 Å². The van der Waals surface area contributed by atoms with E-state index in [-0.39, 0.29) is 24.8 Å². The van der Waals surface area contributed by atoms with Crippen molar-refractivity contribution < 1.29 is 0 Å². The van der Waals surface area contributed by atoms with Gasteiger partial charge >= 0.3 is 0 Å². The van der Waals surface area contributed by atoms with E-state index in [0.717, 1.165) is 12.3 Å². The summed E-state index contributed by atoms with van der Waals surface area (Å²) in [4.78, 5) is 7.16. The van der Waals surface area contributed by atoms with Crippen molar-refractivity contribution in [1.29, 1.82) is 0 Å². The van der Waals surface area contributed by atoms with Crippen LogP contribution in [0.25, 0.3) is 0 Å². The predicted octanol–water partition coefficient (Wildman–Crippen LogP) is 1.80. The van der Waals surface area contributed by atoms with E-state index < -0.39 is 0 Å². The summed E-state index contributed by atoms with van der Waals surface area (Å²) in [5.41, 5.74) is 1.27. The molecule has 0 amide bonds. The second-order valence-electron chi connectivity index (χ2n) is 3.49. The van der Waals surface area contributed by atoms with E-state index >= 15 is 0 Å². The molecule has 1 atom stereocenters. The fraction of sp³-hybridized carbons (Fsp3) is 0.667. The van der Waals surface area contributed by atoms with Crippen LogP contribution in [0, 0.1) is 5.92 Å². The van der Waals surface area contributed by atoms with Crippen molar-refractivity contribution in [2.75, 3.05) is 13.1 Å². The number of aromatic amines is 1. The van der Waals surface area contributed by atoms with Gasteiger partial charge < -0.3 is 10.3 Å². The maximum atomic E-state index is 4.01. The summed E-state index contributed by atoms with van der Waals surface area (Å²) >= 11 is 0. The summed E-state index contributed by atoms with van der Waals surface area (Å²) < 4.78 is 0. The van der Waals surface area contributed by atoms with Crippen LogP contribution in [0.5, 0.6) is 0 Å². The van der Waals surface area contributed by atoms with Crippen molar-refractivity contribution in [3.8, 4) is 0 Å².